The lowest BCUT2D eigenvalue weighted by Gasteiger charge is -2.48. The van der Waals surface area contributed by atoms with Gasteiger partial charge in [-0.25, -0.2) is 23.1 Å². The second-order valence-corrected chi connectivity index (χ2v) is 23.2. The zero-order valence-electron chi connectivity index (χ0n) is 38.8. The van der Waals surface area contributed by atoms with Gasteiger partial charge in [0.25, 0.3) is 5.91 Å². The normalized spacial score (nSPS) is 28.2. The zero-order chi connectivity index (χ0) is 47.4. The minimum atomic E-state index is -2.06. The summed E-state index contributed by atoms with van der Waals surface area (Å²) in [5.41, 5.74) is 3.87. The fourth-order valence-electron chi connectivity index (χ4n) is 13.0. The quantitative estimate of drug-likeness (QED) is 0.173. The summed E-state index contributed by atoms with van der Waals surface area (Å²) in [6, 6.07) is 14.2. The van der Waals surface area contributed by atoms with Crippen LogP contribution in [0.3, 0.4) is 0 Å². The first-order valence-corrected chi connectivity index (χ1v) is 25.2. The van der Waals surface area contributed by atoms with Crippen molar-refractivity contribution in [2.75, 3.05) is 13.2 Å². The van der Waals surface area contributed by atoms with Crippen molar-refractivity contribution in [3.63, 3.8) is 0 Å². The Balaban J connectivity index is 0.942. The van der Waals surface area contributed by atoms with Crippen molar-refractivity contribution in [3.8, 4) is 17.2 Å². The molecule has 1 N–H and O–H groups in total. The van der Waals surface area contributed by atoms with Crippen LogP contribution in [0.5, 0.6) is 0 Å². The molecule has 3 aromatic carbocycles. The summed E-state index contributed by atoms with van der Waals surface area (Å²) in [5, 5.41) is 9.92. The average Bonchev–Trinajstić information content (AvgIpc) is 3.65. The Kier molecular flexibility index (Phi) is 8.16. The van der Waals surface area contributed by atoms with Gasteiger partial charge in [-0.3, -0.25) is 18.6 Å². The van der Waals surface area contributed by atoms with E-state index in [1.54, 1.807) is 60.7 Å². The number of benzene rings is 3. The minimum absolute atomic E-state index is 0.0418. The van der Waals surface area contributed by atoms with Gasteiger partial charge in [-0.1, -0.05) is 13.0 Å². The van der Waals surface area contributed by atoms with Crippen molar-refractivity contribution < 1.29 is 27.6 Å². The predicted molar refractivity (Wildman–Crippen MR) is 248 cm³/mol. The lowest BCUT2D eigenvalue weighted by Crippen LogP contribution is -2.60. The summed E-state index contributed by atoms with van der Waals surface area (Å²) in [5.74, 6) is 0.0141. The second kappa shape index (κ2) is 13.6. The lowest BCUT2D eigenvalue weighted by molar-refractivity contribution is -0.184. The molecule has 6 aliphatic rings. The number of ether oxygens (including phenoxy) is 2. The zero-order valence-corrected chi connectivity index (χ0v) is 39.8. The maximum Gasteiger partial charge on any atom is 0.429 e. The maximum absolute atomic E-state index is 16.3. The van der Waals surface area contributed by atoms with E-state index >= 15 is 13.6 Å². The van der Waals surface area contributed by atoms with E-state index in [0.29, 0.717) is 75.7 Å². The van der Waals surface area contributed by atoms with Crippen molar-refractivity contribution in [1.29, 1.82) is 0 Å². The first-order chi connectivity index (χ1) is 33.1. The molecule has 69 heavy (non-hydrogen) atoms. The van der Waals surface area contributed by atoms with Gasteiger partial charge in [0.05, 0.1) is 64.5 Å². The Labute approximate surface area is 393 Å². The van der Waals surface area contributed by atoms with Gasteiger partial charge in [0.15, 0.2) is 5.82 Å². The minimum Gasteiger partial charge on any atom is -0.375 e. The molecule has 3 saturated heterocycles. The largest absolute Gasteiger partial charge is 0.429 e. The van der Waals surface area contributed by atoms with Crippen LogP contribution >= 0.6 is 0 Å². The number of rotatable bonds is 7. The molecule has 3 aliphatic heterocycles. The number of amides is 1. The standard InChI is InChI=1S/C50H48F2N10O6Si/c1-24-13-30(14-25(2)41(24)51)62-44(59-12-11-58(47(59)65)36-10-9-35-33(42(36)52)21-53-57(35)6)40-38-20-49(43(40)54-62)39(23-67-49)60(38)45(63)37-17-28-15-27(32-19-48(4,5)66-22-29-16-31(29)32)7-8-34(28)61(37)50(18-26(50)3)69-55-46(64)68-56-69/h7-15,17,21,26,29,31-32,38-39H,16,18-20,22-23H2,1-6H3,(H,55,64)/t26-,29?,31?,32-,38-,39+,49?,50+/m0/s1. The summed E-state index contributed by atoms with van der Waals surface area (Å²) in [4.78, 5) is 49.8. The van der Waals surface area contributed by atoms with Gasteiger partial charge in [-0.15, -0.1) is 4.81 Å². The highest BCUT2D eigenvalue weighted by Gasteiger charge is 2.71. The van der Waals surface area contributed by atoms with E-state index in [9.17, 15) is 9.59 Å². The number of fused-ring (bicyclic) bond motifs is 6. The van der Waals surface area contributed by atoms with Gasteiger partial charge in [-0.05, 0) is 130 Å². The number of aryl methyl sites for hydroxylation is 3. The summed E-state index contributed by atoms with van der Waals surface area (Å²) in [6.07, 6.45) is 7.63. The smallest absolute Gasteiger partial charge is 0.375 e. The lowest BCUT2D eigenvalue weighted by atomic mass is 9.84. The van der Waals surface area contributed by atoms with Crippen LogP contribution < -0.4 is 11.4 Å². The number of halogens is 2. The van der Waals surface area contributed by atoms with E-state index in [-0.39, 0.29) is 47.0 Å². The molecule has 352 valence electrons. The van der Waals surface area contributed by atoms with Crippen LogP contribution in [0.4, 0.5) is 8.78 Å². The second-order valence-electron chi connectivity index (χ2n) is 21.2. The summed E-state index contributed by atoms with van der Waals surface area (Å²) < 4.78 is 60.7. The van der Waals surface area contributed by atoms with E-state index in [0.717, 1.165) is 30.4 Å². The molecule has 8 atom stereocenters. The number of hydrogen-bond donors (Lipinski definition) is 1. The third kappa shape index (κ3) is 5.45. The third-order valence-corrected chi connectivity index (χ3v) is 19.2. The number of carbonyl (C=O) groups is 1. The number of nitrogens with one attached hydrogen (secondary N) is 1. The highest BCUT2D eigenvalue weighted by atomic mass is 28.2. The predicted octanol–water partition coefficient (Wildman–Crippen LogP) is 6.61. The fraction of sp³-hybridized carbons (Fsp3) is 0.420. The number of carbonyl (C=O) groups excluding carboxylic acids is 1. The highest BCUT2D eigenvalue weighted by molar-refractivity contribution is 6.44. The van der Waals surface area contributed by atoms with E-state index in [4.69, 9.17) is 19.1 Å². The topological polar surface area (TPSA) is 165 Å². The van der Waals surface area contributed by atoms with Crippen LogP contribution in [0.15, 0.2) is 81.2 Å². The van der Waals surface area contributed by atoms with Crippen LogP contribution in [-0.2, 0) is 27.3 Å². The van der Waals surface area contributed by atoms with Crippen molar-refractivity contribution in [3.05, 3.63) is 133 Å². The van der Waals surface area contributed by atoms with Crippen LogP contribution in [-0.4, -0.2) is 87.1 Å². The molecule has 8 aromatic rings. The number of hydrogen-bond acceptors (Lipinski definition) is 9. The van der Waals surface area contributed by atoms with Crippen molar-refractivity contribution in [2.24, 2.45) is 24.8 Å². The Morgan fingerprint density at radius 3 is 2.42 bits per heavy atom. The molecule has 1 amide bonds. The third-order valence-electron chi connectivity index (χ3n) is 16.7. The van der Waals surface area contributed by atoms with Gasteiger partial charge < -0.3 is 28.1 Å². The van der Waals surface area contributed by atoms with Crippen molar-refractivity contribution >= 4 is 36.4 Å². The molecule has 2 bridgehead atoms. The average molecular weight is 951 g/mol. The Morgan fingerprint density at radius 1 is 0.928 bits per heavy atom. The fourth-order valence-corrected chi connectivity index (χ4v) is 15.3. The van der Waals surface area contributed by atoms with Crippen molar-refractivity contribution in [1.82, 2.24) is 47.6 Å². The molecular formula is C50H48F2N10O6Si. The number of aromatic nitrogens is 9. The first-order valence-electron chi connectivity index (χ1n) is 23.7. The summed E-state index contributed by atoms with van der Waals surface area (Å²) >= 11 is 0. The van der Waals surface area contributed by atoms with Crippen LogP contribution in [0.2, 0.25) is 0 Å². The first kappa shape index (κ1) is 41.4. The molecule has 0 radical (unpaired) electrons. The number of nitrogens with zero attached hydrogens (tertiary/aromatic N) is 9. The molecule has 5 aromatic heterocycles. The maximum atomic E-state index is 16.3. The van der Waals surface area contributed by atoms with Crippen LogP contribution in [0.25, 0.3) is 39.0 Å². The van der Waals surface area contributed by atoms with Gasteiger partial charge in [0.1, 0.15) is 28.6 Å². The Hall–Kier alpha value is -6.57. The molecule has 5 fully saturated rings. The number of aromatic amines is 1. The molecule has 19 heteroatoms. The molecule has 2 saturated carbocycles. The molecular weight excluding hydrogens is 903 g/mol. The SMILES string of the molecule is Cc1cc(-n2nc3c(c2-n2ccn(-c4ccc5c(cnn5C)c4F)c2=O)[C@@H]2CC34OC[C@H]4N2C(=O)c2cc3cc([C@@H]4CC(C)(C)OCC5CC54)ccc3n2[C@@]2([si]3noc(=O)[nH]3)C[C@@H]2C)cc(C)c1F. The number of likely N-dealkylation sites (tertiary alicyclic amines) is 1. The molecule has 8 heterocycles. The number of H-pyrrole nitrogens is 1. The Bertz CT molecular complexity index is 3690. The Morgan fingerprint density at radius 2 is 1.70 bits per heavy atom. The molecule has 1 spiro atoms. The van der Waals surface area contributed by atoms with Gasteiger partial charge in [0.2, 0.25) is 0 Å². The van der Waals surface area contributed by atoms with Crippen LogP contribution in [0, 0.1) is 43.2 Å². The van der Waals surface area contributed by atoms with E-state index in [2.05, 4.69) is 58.1 Å². The van der Waals surface area contributed by atoms with E-state index in [1.165, 1.54) is 27.1 Å². The molecule has 3 unspecified atom stereocenters. The van der Waals surface area contributed by atoms with Gasteiger partial charge in [0, 0.05) is 42.3 Å². The van der Waals surface area contributed by atoms with Crippen molar-refractivity contribution in [2.45, 2.75) is 94.7 Å². The molecule has 3 aliphatic carbocycles. The monoisotopic (exact) mass is 950 g/mol. The van der Waals surface area contributed by atoms with E-state index < -0.39 is 42.8 Å². The van der Waals surface area contributed by atoms with E-state index in [1.807, 2.05) is 11.0 Å². The molecule has 14 rings (SSSR count). The summed E-state index contributed by atoms with van der Waals surface area (Å²) in [7, 11) is -0.340. The van der Waals surface area contributed by atoms with Crippen LogP contribution in [0.1, 0.15) is 96.9 Å². The molecule has 16 nitrogen and oxygen atoms in total. The van der Waals surface area contributed by atoms with Gasteiger partial charge in [-0.2, -0.15) is 10.2 Å². The summed E-state index contributed by atoms with van der Waals surface area (Å²) in [6.45, 7) is 10.8. The highest BCUT2D eigenvalue weighted by Crippen LogP contribution is 2.64. The number of imidazole rings is 1. The van der Waals surface area contributed by atoms with Gasteiger partial charge >= 0.3 is 20.2 Å².